The van der Waals surface area contributed by atoms with Crippen LogP contribution >= 0.6 is 0 Å². The molecule has 7 nitrogen and oxygen atoms in total. The van der Waals surface area contributed by atoms with E-state index in [4.69, 9.17) is 9.47 Å². The van der Waals surface area contributed by atoms with Crippen molar-refractivity contribution in [1.82, 2.24) is 15.5 Å². The summed E-state index contributed by atoms with van der Waals surface area (Å²) in [5, 5.41) is 16.4. The Bertz CT molecular complexity index is 1750. The number of hydrogen-bond acceptors (Lipinski definition) is 5. The maximum absolute atomic E-state index is 13.3. The van der Waals surface area contributed by atoms with Crippen LogP contribution in [0, 0.1) is 28.6 Å². The van der Waals surface area contributed by atoms with Gasteiger partial charge in [-0.2, -0.15) is 0 Å². The topological polar surface area (TPSA) is 83.1 Å². The van der Waals surface area contributed by atoms with Crippen molar-refractivity contribution >= 4 is 6.03 Å². The number of fused-ring (bicyclic) bond motifs is 2. The van der Waals surface area contributed by atoms with E-state index >= 15 is 0 Å². The van der Waals surface area contributed by atoms with Crippen molar-refractivity contribution in [1.29, 1.82) is 0 Å². The molecule has 2 heterocycles. The molecule has 5 saturated carbocycles. The van der Waals surface area contributed by atoms with Crippen molar-refractivity contribution in [2.24, 2.45) is 28.6 Å². The molecule has 0 radical (unpaired) electrons. The summed E-state index contributed by atoms with van der Waals surface area (Å²) in [5.41, 5.74) is 7.12. The molecule has 2 amide bonds. The quantitative estimate of drug-likeness (QED) is 0.206. The van der Waals surface area contributed by atoms with Gasteiger partial charge in [0.15, 0.2) is 6.29 Å². The standard InChI is InChI=1S/C46H59N3O4/c1-44(2)23-38-24-45(3,28-44)29-49(38)26-39-19-41(35-10-8-30(27-50)9-11-35)53-42(52-39)36-14-12-34(13-15-36)40-7-5-4-6-37(40)25-47-43(51)48-46-20-31-16-32(21-46)18-33(17-31)22-46/h4-15,31-33,38-39,41-42,50H,16-29H2,1-3H3,(H2,47,48,51)/t31?,32?,33?,38?,39-,41+,42+,45?,46?/m0/s1. The number of aliphatic hydroxyl groups is 1. The molecule has 10 rings (SSSR count). The van der Waals surface area contributed by atoms with E-state index < -0.39 is 6.29 Å². The van der Waals surface area contributed by atoms with Gasteiger partial charge in [-0.3, -0.25) is 4.90 Å². The molecule has 7 heteroatoms. The summed E-state index contributed by atoms with van der Waals surface area (Å²) in [7, 11) is 0. The Labute approximate surface area is 316 Å². The first-order valence-corrected chi connectivity index (χ1v) is 20.5. The van der Waals surface area contributed by atoms with E-state index in [1.165, 1.54) is 38.5 Å². The van der Waals surface area contributed by atoms with Crippen molar-refractivity contribution < 1.29 is 19.4 Å². The molecule has 0 aromatic heterocycles. The van der Waals surface area contributed by atoms with E-state index in [-0.39, 0.29) is 30.4 Å². The molecule has 3 aromatic carbocycles. The Morgan fingerprint density at radius 3 is 2.19 bits per heavy atom. The van der Waals surface area contributed by atoms with Crippen LogP contribution in [0.1, 0.15) is 120 Å². The molecule has 3 N–H and O–H groups in total. The Morgan fingerprint density at radius 2 is 1.49 bits per heavy atom. The Hall–Kier alpha value is -3.23. The maximum Gasteiger partial charge on any atom is 0.315 e. The van der Waals surface area contributed by atoms with Gasteiger partial charge in [0.1, 0.15) is 0 Å². The van der Waals surface area contributed by atoms with Gasteiger partial charge >= 0.3 is 6.03 Å². The van der Waals surface area contributed by atoms with Gasteiger partial charge in [0.2, 0.25) is 0 Å². The smallest absolute Gasteiger partial charge is 0.315 e. The van der Waals surface area contributed by atoms with Crippen LogP contribution in [-0.4, -0.2) is 46.8 Å². The largest absolute Gasteiger partial charge is 0.392 e. The highest BCUT2D eigenvalue weighted by atomic mass is 16.7. The molecule has 5 atom stereocenters. The van der Waals surface area contributed by atoms with Gasteiger partial charge in [0.05, 0.1) is 18.8 Å². The zero-order valence-corrected chi connectivity index (χ0v) is 32.0. The summed E-state index contributed by atoms with van der Waals surface area (Å²) in [6.07, 6.45) is 11.6. The Morgan fingerprint density at radius 1 is 0.811 bits per heavy atom. The van der Waals surface area contributed by atoms with Crippen LogP contribution in [0.4, 0.5) is 4.79 Å². The van der Waals surface area contributed by atoms with Gasteiger partial charge < -0.3 is 25.2 Å². The minimum atomic E-state index is -0.482. The lowest BCUT2D eigenvalue weighted by atomic mass is 9.53. The first kappa shape index (κ1) is 35.5. The normalized spacial score (nSPS) is 35.7. The van der Waals surface area contributed by atoms with Crippen molar-refractivity contribution in [2.75, 3.05) is 13.1 Å². The monoisotopic (exact) mass is 717 g/mol. The second-order valence-electron chi connectivity index (χ2n) is 19.3. The summed E-state index contributed by atoms with van der Waals surface area (Å²) in [5.74, 6) is 2.39. The van der Waals surface area contributed by atoms with E-state index in [2.05, 4.69) is 97.0 Å². The van der Waals surface area contributed by atoms with Gasteiger partial charge in [0, 0.05) is 43.2 Å². The molecule has 6 bridgehead atoms. The van der Waals surface area contributed by atoms with Crippen LogP contribution in [0.3, 0.4) is 0 Å². The van der Waals surface area contributed by atoms with Crippen LogP contribution in [-0.2, 0) is 22.6 Å². The molecule has 7 fully saturated rings. The molecule has 0 spiro atoms. The number of rotatable bonds is 9. The van der Waals surface area contributed by atoms with Crippen LogP contribution in [0.15, 0.2) is 72.8 Å². The number of nitrogens with one attached hydrogen (secondary N) is 2. The molecule has 53 heavy (non-hydrogen) atoms. The number of urea groups is 1. The number of benzene rings is 3. The number of carbonyl (C=O) groups excluding carboxylic acids is 1. The highest BCUT2D eigenvalue weighted by Crippen LogP contribution is 2.56. The number of nitrogens with zero attached hydrogens (tertiary/aromatic N) is 1. The number of aliphatic hydroxyl groups excluding tert-OH is 1. The van der Waals surface area contributed by atoms with Gasteiger partial charge in [-0.05, 0) is 114 Å². The van der Waals surface area contributed by atoms with Gasteiger partial charge in [-0.15, -0.1) is 0 Å². The SMILES string of the molecule is CC1(C)CC2CC(C)(CN2C[C@@H]2C[C@H](c3ccc(CO)cc3)O[C@H](c3ccc(-c4ccccc4CNC(=O)NC45CC6CC(CC(C6)C4)C5)cc3)O2)C1. The first-order chi connectivity index (χ1) is 25.5. The fourth-order valence-electron chi connectivity index (χ4n) is 12.6. The van der Waals surface area contributed by atoms with E-state index in [1.54, 1.807) is 0 Å². The zero-order valence-electron chi connectivity index (χ0n) is 32.0. The van der Waals surface area contributed by atoms with Crippen LogP contribution in [0.25, 0.3) is 11.1 Å². The summed E-state index contributed by atoms with van der Waals surface area (Å²) in [6.45, 7) is 9.92. The summed E-state index contributed by atoms with van der Waals surface area (Å²) in [4.78, 5) is 16.0. The average molecular weight is 718 g/mol. The Kier molecular flexibility index (Phi) is 9.24. The summed E-state index contributed by atoms with van der Waals surface area (Å²) >= 11 is 0. The maximum atomic E-state index is 13.3. The summed E-state index contributed by atoms with van der Waals surface area (Å²) < 4.78 is 13.6. The first-order valence-electron chi connectivity index (χ1n) is 20.5. The lowest BCUT2D eigenvalue weighted by Gasteiger charge is -2.56. The van der Waals surface area contributed by atoms with Crippen molar-refractivity contribution in [2.45, 2.75) is 128 Å². The van der Waals surface area contributed by atoms with E-state index in [1.807, 2.05) is 12.1 Å². The van der Waals surface area contributed by atoms with Crippen LogP contribution in [0.5, 0.6) is 0 Å². The number of amides is 2. The Balaban J connectivity index is 0.893. The predicted molar refractivity (Wildman–Crippen MR) is 208 cm³/mol. The fraction of sp³-hybridized carbons (Fsp3) is 0.587. The van der Waals surface area contributed by atoms with Crippen molar-refractivity contribution in [3.63, 3.8) is 0 Å². The van der Waals surface area contributed by atoms with Gasteiger partial charge in [0.25, 0.3) is 0 Å². The lowest BCUT2D eigenvalue weighted by Crippen LogP contribution is -2.61. The lowest BCUT2D eigenvalue weighted by molar-refractivity contribution is -0.253. The summed E-state index contributed by atoms with van der Waals surface area (Å²) in [6, 6.07) is 25.8. The van der Waals surface area contributed by atoms with Crippen molar-refractivity contribution in [3.8, 4) is 11.1 Å². The number of hydrogen-bond donors (Lipinski definition) is 3. The minimum Gasteiger partial charge on any atom is -0.392 e. The molecule has 3 aromatic rings. The predicted octanol–water partition coefficient (Wildman–Crippen LogP) is 9.06. The number of likely N-dealkylation sites (tertiary alicyclic amines) is 1. The van der Waals surface area contributed by atoms with E-state index in [0.29, 0.717) is 23.4 Å². The molecular formula is C46H59N3O4. The fourth-order valence-corrected chi connectivity index (χ4v) is 12.6. The molecule has 2 unspecified atom stereocenters. The zero-order chi connectivity index (χ0) is 36.4. The second kappa shape index (κ2) is 13.8. The number of ether oxygens (including phenoxy) is 2. The molecule has 282 valence electrons. The molecule has 2 aliphatic heterocycles. The average Bonchev–Trinajstić information content (AvgIpc) is 3.36. The van der Waals surface area contributed by atoms with Gasteiger partial charge in [-0.25, -0.2) is 4.79 Å². The third-order valence-electron chi connectivity index (χ3n) is 13.9. The van der Waals surface area contributed by atoms with Crippen LogP contribution < -0.4 is 10.6 Å². The van der Waals surface area contributed by atoms with E-state index in [9.17, 15) is 9.90 Å². The molecular weight excluding hydrogens is 659 g/mol. The highest BCUT2D eigenvalue weighted by molar-refractivity contribution is 5.76. The molecule has 7 aliphatic rings. The molecule has 2 saturated heterocycles. The highest BCUT2D eigenvalue weighted by Gasteiger charge is 2.52. The molecule has 5 aliphatic carbocycles. The van der Waals surface area contributed by atoms with Crippen molar-refractivity contribution in [3.05, 3.63) is 95.1 Å². The van der Waals surface area contributed by atoms with Gasteiger partial charge in [-0.1, -0.05) is 93.6 Å². The second-order valence-corrected chi connectivity index (χ2v) is 19.3. The third-order valence-corrected chi connectivity index (χ3v) is 13.9. The third kappa shape index (κ3) is 7.44. The van der Waals surface area contributed by atoms with Crippen LogP contribution in [0.2, 0.25) is 0 Å². The minimum absolute atomic E-state index is 0.000818. The van der Waals surface area contributed by atoms with E-state index in [0.717, 1.165) is 89.9 Å². The number of carbonyl (C=O) groups is 1.